The van der Waals surface area contributed by atoms with Crippen LogP contribution in [0.2, 0.25) is 0 Å². The first-order chi connectivity index (χ1) is 10.6. The van der Waals surface area contributed by atoms with Gasteiger partial charge in [0.1, 0.15) is 36.4 Å². The van der Waals surface area contributed by atoms with Crippen molar-refractivity contribution in [3.05, 3.63) is 17.7 Å². The molecular weight excluding hydrogens is 286 g/mol. The molecule has 1 aliphatic heterocycles. The number of fused-ring (bicyclic) bond motifs is 1. The normalized spacial score (nSPS) is 12.5. The lowest BCUT2D eigenvalue weighted by atomic mass is 10.0. The van der Waals surface area contributed by atoms with Crippen LogP contribution >= 0.6 is 0 Å². The maximum atomic E-state index is 9.31. The van der Waals surface area contributed by atoms with Gasteiger partial charge in [-0.2, -0.15) is 10.2 Å². The average molecular weight is 299 g/mol. The molecular formula is C14H13N5O3. The molecule has 0 amide bonds. The van der Waals surface area contributed by atoms with Crippen molar-refractivity contribution in [2.45, 2.75) is 0 Å². The number of aromatic nitrogens is 2. The highest BCUT2D eigenvalue weighted by Gasteiger charge is 2.22. The van der Waals surface area contributed by atoms with Crippen LogP contribution in [0.5, 0.6) is 17.2 Å². The fourth-order valence-electron chi connectivity index (χ4n) is 2.23. The van der Waals surface area contributed by atoms with Crippen molar-refractivity contribution in [1.29, 1.82) is 5.26 Å². The second-order valence-corrected chi connectivity index (χ2v) is 4.50. The summed E-state index contributed by atoms with van der Waals surface area (Å²) in [6.07, 6.45) is 0. The van der Waals surface area contributed by atoms with E-state index in [-0.39, 0.29) is 17.3 Å². The second-order valence-electron chi connectivity index (χ2n) is 4.50. The number of hydrogen-bond acceptors (Lipinski definition) is 8. The highest BCUT2D eigenvalue weighted by Crippen LogP contribution is 2.42. The standard InChI is InChI=1S/C14H13N5O3/c1-20-9-5-11-10(21-2-3-22-11)4-7(9)12-8(6-15)13(16)19-14(17)18-12/h4-5H,2-3H2,1H3,(H4,16,17,18,19). The zero-order chi connectivity index (χ0) is 15.7. The summed E-state index contributed by atoms with van der Waals surface area (Å²) in [6.45, 7) is 0.907. The van der Waals surface area contributed by atoms with Crippen molar-refractivity contribution >= 4 is 11.8 Å². The van der Waals surface area contributed by atoms with Gasteiger partial charge >= 0.3 is 0 Å². The quantitative estimate of drug-likeness (QED) is 0.838. The largest absolute Gasteiger partial charge is 0.496 e. The molecule has 2 aromatic rings. The molecule has 0 bridgehead atoms. The summed E-state index contributed by atoms with van der Waals surface area (Å²) in [6, 6.07) is 5.36. The Labute approximate surface area is 126 Å². The third-order valence-corrected chi connectivity index (χ3v) is 3.19. The zero-order valence-corrected chi connectivity index (χ0v) is 11.8. The van der Waals surface area contributed by atoms with Gasteiger partial charge in [0.15, 0.2) is 11.5 Å². The molecule has 0 radical (unpaired) electrons. The van der Waals surface area contributed by atoms with E-state index in [0.29, 0.717) is 41.7 Å². The van der Waals surface area contributed by atoms with E-state index in [1.165, 1.54) is 7.11 Å². The molecule has 0 saturated heterocycles. The molecule has 8 nitrogen and oxygen atoms in total. The van der Waals surface area contributed by atoms with Gasteiger partial charge in [-0.15, -0.1) is 0 Å². The van der Waals surface area contributed by atoms with Crippen molar-refractivity contribution in [3.8, 4) is 34.6 Å². The summed E-state index contributed by atoms with van der Waals surface area (Å²) in [7, 11) is 1.51. The Bertz CT molecular complexity index is 785. The first kappa shape index (κ1) is 13.8. The minimum Gasteiger partial charge on any atom is -0.496 e. The number of ether oxygens (including phenoxy) is 3. The summed E-state index contributed by atoms with van der Waals surface area (Å²) >= 11 is 0. The smallest absolute Gasteiger partial charge is 0.222 e. The number of nitrogens with zero attached hydrogens (tertiary/aromatic N) is 3. The van der Waals surface area contributed by atoms with Gasteiger partial charge in [-0.25, -0.2) is 4.98 Å². The molecule has 0 fully saturated rings. The summed E-state index contributed by atoms with van der Waals surface area (Å²) in [4.78, 5) is 7.92. The molecule has 3 rings (SSSR count). The van der Waals surface area contributed by atoms with Crippen molar-refractivity contribution < 1.29 is 14.2 Å². The Morgan fingerprint density at radius 1 is 1.18 bits per heavy atom. The minimum absolute atomic E-state index is 0.0157. The third kappa shape index (κ3) is 2.18. The van der Waals surface area contributed by atoms with Gasteiger partial charge in [0.2, 0.25) is 5.95 Å². The van der Waals surface area contributed by atoms with Crippen LogP contribution < -0.4 is 25.7 Å². The molecule has 0 atom stereocenters. The Kier molecular flexibility index (Phi) is 3.31. The van der Waals surface area contributed by atoms with Crippen LogP contribution in [0, 0.1) is 11.3 Å². The van der Waals surface area contributed by atoms with E-state index in [1.54, 1.807) is 12.1 Å². The third-order valence-electron chi connectivity index (χ3n) is 3.19. The molecule has 8 heteroatoms. The number of nitriles is 1. The maximum Gasteiger partial charge on any atom is 0.222 e. The predicted molar refractivity (Wildman–Crippen MR) is 78.5 cm³/mol. The number of nitrogens with two attached hydrogens (primary N) is 2. The van der Waals surface area contributed by atoms with Gasteiger partial charge in [-0.05, 0) is 6.07 Å². The Balaban J connectivity index is 2.26. The van der Waals surface area contributed by atoms with E-state index in [0.717, 1.165) is 0 Å². The number of methoxy groups -OCH3 is 1. The van der Waals surface area contributed by atoms with Crippen molar-refractivity contribution in [2.24, 2.45) is 0 Å². The monoisotopic (exact) mass is 299 g/mol. The molecule has 0 unspecified atom stereocenters. The molecule has 2 heterocycles. The molecule has 1 aliphatic rings. The van der Waals surface area contributed by atoms with Crippen LogP contribution in [0.25, 0.3) is 11.3 Å². The number of benzene rings is 1. The second kappa shape index (κ2) is 5.29. The van der Waals surface area contributed by atoms with Crippen LogP contribution in [0.15, 0.2) is 12.1 Å². The summed E-state index contributed by atoms with van der Waals surface area (Å²) < 4.78 is 16.4. The van der Waals surface area contributed by atoms with Crippen LogP contribution in [0.1, 0.15) is 5.56 Å². The van der Waals surface area contributed by atoms with E-state index >= 15 is 0 Å². The highest BCUT2D eigenvalue weighted by molar-refractivity contribution is 5.79. The lowest BCUT2D eigenvalue weighted by molar-refractivity contribution is 0.171. The Morgan fingerprint density at radius 2 is 1.86 bits per heavy atom. The molecule has 0 saturated carbocycles. The van der Waals surface area contributed by atoms with Crippen LogP contribution in [0.4, 0.5) is 11.8 Å². The average Bonchev–Trinajstić information content (AvgIpc) is 2.52. The number of anilines is 2. The van der Waals surface area contributed by atoms with Crippen molar-refractivity contribution in [1.82, 2.24) is 9.97 Å². The maximum absolute atomic E-state index is 9.31. The summed E-state index contributed by atoms with van der Waals surface area (Å²) in [5, 5.41) is 9.31. The van der Waals surface area contributed by atoms with E-state index in [4.69, 9.17) is 25.7 Å². The highest BCUT2D eigenvalue weighted by atomic mass is 16.6. The Hall–Kier alpha value is -3.21. The molecule has 1 aromatic heterocycles. The molecule has 112 valence electrons. The topological polar surface area (TPSA) is 129 Å². The first-order valence-corrected chi connectivity index (χ1v) is 6.45. The van der Waals surface area contributed by atoms with Crippen LogP contribution in [0.3, 0.4) is 0 Å². The molecule has 1 aromatic carbocycles. The van der Waals surface area contributed by atoms with Gasteiger partial charge < -0.3 is 25.7 Å². The van der Waals surface area contributed by atoms with E-state index < -0.39 is 0 Å². The van der Waals surface area contributed by atoms with E-state index in [1.807, 2.05) is 6.07 Å². The molecule has 4 N–H and O–H groups in total. The minimum atomic E-state index is -0.0246. The lowest BCUT2D eigenvalue weighted by Crippen LogP contribution is -2.15. The zero-order valence-electron chi connectivity index (χ0n) is 11.8. The molecule has 0 spiro atoms. The predicted octanol–water partition coefficient (Wildman–Crippen LogP) is 0.959. The fraction of sp³-hybridized carbons (Fsp3) is 0.214. The first-order valence-electron chi connectivity index (χ1n) is 6.45. The number of rotatable bonds is 2. The SMILES string of the molecule is COc1cc2c(cc1-c1nc(N)nc(N)c1C#N)OCCO2. The Morgan fingerprint density at radius 3 is 2.50 bits per heavy atom. The number of nitrogen functional groups attached to an aromatic ring is 2. The van der Waals surface area contributed by atoms with Crippen molar-refractivity contribution in [3.63, 3.8) is 0 Å². The number of hydrogen-bond donors (Lipinski definition) is 2. The van der Waals surface area contributed by atoms with Gasteiger partial charge in [-0.3, -0.25) is 0 Å². The lowest BCUT2D eigenvalue weighted by Gasteiger charge is -2.21. The molecule has 22 heavy (non-hydrogen) atoms. The molecule has 0 aliphatic carbocycles. The fourth-order valence-corrected chi connectivity index (χ4v) is 2.23. The van der Waals surface area contributed by atoms with Crippen molar-refractivity contribution in [2.75, 3.05) is 31.8 Å². The summed E-state index contributed by atoms with van der Waals surface area (Å²) in [5.74, 6) is 1.57. The van der Waals surface area contributed by atoms with Gasteiger partial charge in [0.25, 0.3) is 0 Å². The summed E-state index contributed by atoms with van der Waals surface area (Å²) in [5.41, 5.74) is 12.3. The van der Waals surface area contributed by atoms with E-state index in [2.05, 4.69) is 9.97 Å². The van der Waals surface area contributed by atoms with Crippen LogP contribution in [-0.4, -0.2) is 30.3 Å². The van der Waals surface area contributed by atoms with Gasteiger partial charge in [0.05, 0.1) is 12.8 Å². The van der Waals surface area contributed by atoms with Gasteiger partial charge in [0, 0.05) is 11.6 Å². The van der Waals surface area contributed by atoms with Crippen LogP contribution in [-0.2, 0) is 0 Å². The van der Waals surface area contributed by atoms with Gasteiger partial charge in [-0.1, -0.05) is 0 Å². The van der Waals surface area contributed by atoms with E-state index in [9.17, 15) is 5.26 Å².